The third kappa shape index (κ3) is 7.71. The maximum Gasteiger partial charge on any atom is 0.230 e. The number of nitrogens with one attached hydrogen (secondary N) is 1. The van der Waals surface area contributed by atoms with E-state index in [4.69, 9.17) is 0 Å². The quantitative estimate of drug-likeness (QED) is 0.836. The number of carbonyl (C=O) groups excluding carboxylic acids is 1. The molecule has 0 unspecified atom stereocenters. The molecule has 1 aromatic rings. The number of hydrogen-bond donors (Lipinski definition) is 1. The molecule has 1 fully saturated rings. The van der Waals surface area contributed by atoms with Gasteiger partial charge in [-0.3, -0.25) is 9.69 Å². The lowest BCUT2D eigenvalue weighted by Crippen LogP contribution is -2.27. The van der Waals surface area contributed by atoms with Crippen molar-refractivity contribution in [3.8, 4) is 0 Å². The first-order chi connectivity index (χ1) is 11.4. The van der Waals surface area contributed by atoms with Crippen molar-refractivity contribution in [1.29, 1.82) is 0 Å². The van der Waals surface area contributed by atoms with E-state index in [1.54, 1.807) is 11.8 Å². The molecular weight excluding hydrogens is 316 g/mol. The van der Waals surface area contributed by atoms with E-state index in [0.717, 1.165) is 6.54 Å². The molecule has 1 amide bonds. The number of carbonyl (C=O) groups is 1. The fourth-order valence-electron chi connectivity index (χ4n) is 2.92. The van der Waals surface area contributed by atoms with Crippen LogP contribution in [0.1, 0.15) is 57.6 Å². The molecule has 24 heavy (non-hydrogen) atoms. The highest BCUT2D eigenvalue weighted by atomic mass is 32.2. The van der Waals surface area contributed by atoms with Crippen molar-refractivity contribution >= 4 is 17.7 Å². The van der Waals surface area contributed by atoms with Crippen LogP contribution in [0.25, 0.3) is 0 Å². The van der Waals surface area contributed by atoms with Crippen LogP contribution in [0, 0.1) is 0 Å². The summed E-state index contributed by atoms with van der Waals surface area (Å²) in [6.45, 7) is 10.5. The topological polar surface area (TPSA) is 32.3 Å². The number of likely N-dealkylation sites (tertiary alicyclic amines) is 1. The van der Waals surface area contributed by atoms with Crippen molar-refractivity contribution in [2.24, 2.45) is 0 Å². The zero-order chi connectivity index (χ0) is 17.4. The molecule has 0 atom stereocenters. The molecule has 0 bridgehead atoms. The number of rotatable bonds is 6. The van der Waals surface area contributed by atoms with Gasteiger partial charge >= 0.3 is 0 Å². The van der Waals surface area contributed by atoms with E-state index in [0.29, 0.717) is 12.3 Å². The van der Waals surface area contributed by atoms with E-state index >= 15 is 0 Å². The zero-order valence-corrected chi connectivity index (χ0v) is 16.3. The first-order valence-electron chi connectivity index (χ1n) is 9.13. The van der Waals surface area contributed by atoms with E-state index in [1.807, 2.05) is 0 Å². The van der Waals surface area contributed by atoms with Crippen molar-refractivity contribution in [2.75, 3.05) is 18.8 Å². The summed E-state index contributed by atoms with van der Waals surface area (Å²) in [5.74, 6) is 0.643. The first-order valence-corrected chi connectivity index (χ1v) is 10.1. The minimum atomic E-state index is 0.118. The Balaban J connectivity index is 1.80. The van der Waals surface area contributed by atoms with E-state index in [1.165, 1.54) is 49.9 Å². The van der Waals surface area contributed by atoms with Crippen molar-refractivity contribution in [3.05, 3.63) is 35.4 Å². The monoisotopic (exact) mass is 348 g/mol. The summed E-state index contributed by atoms with van der Waals surface area (Å²) in [6, 6.07) is 8.65. The van der Waals surface area contributed by atoms with Gasteiger partial charge in [0.15, 0.2) is 0 Å². The smallest absolute Gasteiger partial charge is 0.230 e. The number of benzene rings is 1. The second kappa shape index (κ2) is 9.47. The molecule has 1 heterocycles. The summed E-state index contributed by atoms with van der Waals surface area (Å²) in [5.41, 5.74) is 2.55. The summed E-state index contributed by atoms with van der Waals surface area (Å²) in [4.78, 5) is 14.5. The Morgan fingerprint density at radius 2 is 1.79 bits per heavy atom. The average Bonchev–Trinajstić information content (AvgIpc) is 2.79. The maximum atomic E-state index is 12.0. The lowest BCUT2D eigenvalue weighted by molar-refractivity contribution is -0.118. The summed E-state index contributed by atoms with van der Waals surface area (Å²) < 4.78 is 0.129. The van der Waals surface area contributed by atoms with Crippen LogP contribution in [0.5, 0.6) is 0 Å². The summed E-state index contributed by atoms with van der Waals surface area (Å²) >= 11 is 1.69. The molecule has 1 saturated heterocycles. The molecular formula is C20H32N2OS. The van der Waals surface area contributed by atoms with Gasteiger partial charge < -0.3 is 5.32 Å². The van der Waals surface area contributed by atoms with Gasteiger partial charge in [0.25, 0.3) is 0 Å². The van der Waals surface area contributed by atoms with Gasteiger partial charge in [0.05, 0.1) is 5.75 Å². The fraction of sp³-hybridized carbons (Fsp3) is 0.650. The Kier molecular flexibility index (Phi) is 7.63. The molecule has 134 valence electrons. The van der Waals surface area contributed by atoms with Gasteiger partial charge in [-0.1, -0.05) is 57.9 Å². The fourth-order valence-corrected chi connectivity index (χ4v) is 3.59. The van der Waals surface area contributed by atoms with Crippen molar-refractivity contribution in [2.45, 2.75) is 64.3 Å². The molecule has 0 spiro atoms. The van der Waals surface area contributed by atoms with Gasteiger partial charge in [0.1, 0.15) is 0 Å². The van der Waals surface area contributed by atoms with E-state index < -0.39 is 0 Å². The molecule has 2 rings (SSSR count). The lowest BCUT2D eigenvalue weighted by atomic mass is 10.1. The highest BCUT2D eigenvalue weighted by Crippen LogP contribution is 2.22. The van der Waals surface area contributed by atoms with Crippen LogP contribution in [0.3, 0.4) is 0 Å². The third-order valence-corrected chi connectivity index (χ3v) is 5.49. The van der Waals surface area contributed by atoms with Crippen LogP contribution >= 0.6 is 11.8 Å². The van der Waals surface area contributed by atoms with E-state index in [2.05, 4.69) is 55.3 Å². The van der Waals surface area contributed by atoms with E-state index in [-0.39, 0.29) is 10.7 Å². The molecule has 1 aliphatic rings. The summed E-state index contributed by atoms with van der Waals surface area (Å²) in [5, 5.41) is 3.04. The largest absolute Gasteiger partial charge is 0.351 e. The Labute approximate surface area is 151 Å². The normalized spacial score (nSPS) is 16.6. The minimum absolute atomic E-state index is 0.118. The van der Waals surface area contributed by atoms with Gasteiger partial charge in [-0.25, -0.2) is 0 Å². The third-order valence-electron chi connectivity index (χ3n) is 4.22. The highest BCUT2D eigenvalue weighted by molar-refractivity contribution is 8.01. The van der Waals surface area contributed by atoms with Crippen LogP contribution in [-0.4, -0.2) is 34.4 Å². The van der Waals surface area contributed by atoms with Crippen LogP contribution < -0.4 is 5.32 Å². The Morgan fingerprint density at radius 1 is 1.12 bits per heavy atom. The first kappa shape index (κ1) is 19.3. The highest BCUT2D eigenvalue weighted by Gasteiger charge is 2.13. The molecule has 0 aromatic heterocycles. The number of amides is 1. The number of hydrogen-bond acceptors (Lipinski definition) is 3. The molecule has 1 N–H and O–H groups in total. The predicted octanol–water partition coefficient (Wildman–Crippen LogP) is 4.21. The molecule has 3 nitrogen and oxygen atoms in total. The summed E-state index contributed by atoms with van der Waals surface area (Å²) in [6.07, 6.45) is 5.38. The molecule has 4 heteroatoms. The van der Waals surface area contributed by atoms with Gasteiger partial charge in [-0.05, 0) is 37.1 Å². The van der Waals surface area contributed by atoms with Gasteiger partial charge in [0.2, 0.25) is 5.91 Å². The Bertz CT molecular complexity index is 517. The lowest BCUT2D eigenvalue weighted by Gasteiger charge is -2.20. The standard InChI is InChI=1S/C20H32N2OS/c1-20(2,3)24-16-19(23)21-14-17-9-8-10-18(13-17)15-22-11-6-4-5-7-12-22/h8-10,13H,4-7,11-12,14-16H2,1-3H3,(H,21,23). The Morgan fingerprint density at radius 3 is 2.46 bits per heavy atom. The minimum Gasteiger partial charge on any atom is -0.351 e. The average molecular weight is 349 g/mol. The van der Waals surface area contributed by atoms with Gasteiger partial charge in [-0.15, -0.1) is 11.8 Å². The number of nitrogens with zero attached hydrogens (tertiary/aromatic N) is 1. The van der Waals surface area contributed by atoms with Crippen LogP contribution in [-0.2, 0) is 17.9 Å². The van der Waals surface area contributed by atoms with E-state index in [9.17, 15) is 4.79 Å². The van der Waals surface area contributed by atoms with Gasteiger partial charge in [0, 0.05) is 17.8 Å². The summed E-state index contributed by atoms with van der Waals surface area (Å²) in [7, 11) is 0. The molecule has 0 radical (unpaired) electrons. The zero-order valence-electron chi connectivity index (χ0n) is 15.4. The van der Waals surface area contributed by atoms with Crippen molar-refractivity contribution in [1.82, 2.24) is 10.2 Å². The predicted molar refractivity (Wildman–Crippen MR) is 104 cm³/mol. The van der Waals surface area contributed by atoms with Crippen LogP contribution in [0.15, 0.2) is 24.3 Å². The molecule has 1 aromatic carbocycles. The van der Waals surface area contributed by atoms with Crippen LogP contribution in [0.2, 0.25) is 0 Å². The van der Waals surface area contributed by atoms with Gasteiger partial charge in [-0.2, -0.15) is 0 Å². The molecule has 0 aliphatic carbocycles. The van der Waals surface area contributed by atoms with Crippen molar-refractivity contribution < 1.29 is 4.79 Å². The second-order valence-corrected chi connectivity index (χ2v) is 9.49. The SMILES string of the molecule is CC(C)(C)SCC(=O)NCc1cccc(CN2CCCCCC2)c1. The molecule has 1 aliphatic heterocycles. The molecule has 0 saturated carbocycles. The second-order valence-electron chi connectivity index (χ2n) is 7.69. The Hall–Kier alpha value is -1.00. The van der Waals surface area contributed by atoms with Crippen molar-refractivity contribution in [3.63, 3.8) is 0 Å². The number of thioether (sulfide) groups is 1. The van der Waals surface area contributed by atoms with Crippen LogP contribution in [0.4, 0.5) is 0 Å². The maximum absolute atomic E-state index is 12.0.